The van der Waals surface area contributed by atoms with Crippen LogP contribution in [0.2, 0.25) is 0 Å². The molecule has 0 saturated carbocycles. The van der Waals surface area contributed by atoms with Gasteiger partial charge in [-0.3, -0.25) is 4.79 Å². The van der Waals surface area contributed by atoms with Crippen molar-refractivity contribution in [3.63, 3.8) is 0 Å². The van der Waals surface area contributed by atoms with E-state index in [2.05, 4.69) is 50.4 Å². The zero-order valence-corrected chi connectivity index (χ0v) is 18.3. The van der Waals surface area contributed by atoms with Gasteiger partial charge in [0.2, 0.25) is 11.7 Å². The molecule has 0 bridgehead atoms. The lowest BCUT2D eigenvalue weighted by molar-refractivity contribution is -0.117. The number of benzene rings is 2. The van der Waals surface area contributed by atoms with Crippen molar-refractivity contribution in [3.8, 4) is 17.2 Å². The van der Waals surface area contributed by atoms with E-state index >= 15 is 0 Å². The Bertz CT molecular complexity index is 864. The molecule has 156 valence electrons. The highest BCUT2D eigenvalue weighted by Gasteiger charge is 2.16. The predicted octanol–water partition coefficient (Wildman–Crippen LogP) is 4.90. The van der Waals surface area contributed by atoms with Crippen molar-refractivity contribution in [1.29, 1.82) is 0 Å². The molecule has 0 spiro atoms. The molecule has 1 N–H and O–H groups in total. The smallest absolute Gasteiger partial charge is 0.244 e. The van der Waals surface area contributed by atoms with E-state index in [1.807, 2.05) is 13.0 Å². The van der Waals surface area contributed by atoms with E-state index in [1.54, 1.807) is 33.5 Å². The molecule has 0 aliphatic rings. The molecule has 0 saturated heterocycles. The van der Waals surface area contributed by atoms with E-state index in [-0.39, 0.29) is 17.4 Å². The first-order valence-electron chi connectivity index (χ1n) is 9.59. The summed E-state index contributed by atoms with van der Waals surface area (Å²) in [4.78, 5) is 12.4. The fourth-order valence-corrected chi connectivity index (χ4v) is 3.04. The molecule has 2 rings (SSSR count). The van der Waals surface area contributed by atoms with Gasteiger partial charge in [-0.1, -0.05) is 45.0 Å². The Morgan fingerprint density at radius 1 is 0.931 bits per heavy atom. The van der Waals surface area contributed by atoms with Crippen LogP contribution in [0.5, 0.6) is 17.2 Å². The predicted molar refractivity (Wildman–Crippen MR) is 117 cm³/mol. The van der Waals surface area contributed by atoms with Crippen LogP contribution in [0.4, 0.5) is 0 Å². The van der Waals surface area contributed by atoms with Gasteiger partial charge in [-0.2, -0.15) is 0 Å². The molecular weight excluding hydrogens is 366 g/mol. The summed E-state index contributed by atoms with van der Waals surface area (Å²) >= 11 is 0. The summed E-state index contributed by atoms with van der Waals surface area (Å²) in [6, 6.07) is 11.8. The van der Waals surface area contributed by atoms with Crippen molar-refractivity contribution in [3.05, 3.63) is 59.2 Å². The van der Waals surface area contributed by atoms with Gasteiger partial charge in [-0.15, -0.1) is 0 Å². The van der Waals surface area contributed by atoms with Gasteiger partial charge < -0.3 is 19.5 Å². The van der Waals surface area contributed by atoms with Crippen LogP contribution in [-0.4, -0.2) is 27.2 Å². The Morgan fingerprint density at radius 2 is 1.55 bits per heavy atom. The van der Waals surface area contributed by atoms with E-state index in [0.717, 1.165) is 11.1 Å². The van der Waals surface area contributed by atoms with Crippen LogP contribution in [0, 0.1) is 0 Å². The molecular formula is C24H31NO4. The first kappa shape index (κ1) is 22.3. The van der Waals surface area contributed by atoms with Gasteiger partial charge >= 0.3 is 0 Å². The maximum atomic E-state index is 12.4. The normalized spacial score (nSPS) is 12.5. The van der Waals surface area contributed by atoms with E-state index in [1.165, 1.54) is 11.6 Å². The fourth-order valence-electron chi connectivity index (χ4n) is 3.04. The Balaban J connectivity index is 2.11. The van der Waals surface area contributed by atoms with Gasteiger partial charge in [0.25, 0.3) is 0 Å². The lowest BCUT2D eigenvalue weighted by atomic mass is 9.86. The lowest BCUT2D eigenvalue weighted by Crippen LogP contribution is -2.24. The minimum Gasteiger partial charge on any atom is -0.493 e. The van der Waals surface area contributed by atoms with Crippen LogP contribution in [0.15, 0.2) is 42.5 Å². The molecule has 0 aromatic heterocycles. The average Bonchev–Trinajstić information content (AvgIpc) is 2.70. The summed E-state index contributed by atoms with van der Waals surface area (Å²) in [6.45, 7) is 8.51. The number of methoxy groups -OCH3 is 3. The summed E-state index contributed by atoms with van der Waals surface area (Å²) in [5.74, 6) is 1.39. The van der Waals surface area contributed by atoms with Crippen LogP contribution in [0.3, 0.4) is 0 Å². The minimum atomic E-state index is -0.186. The quantitative estimate of drug-likeness (QED) is 0.675. The standard InChI is InChI=1S/C24H31NO4/c1-16(17-8-12-19(13-9-17)24(2,3)4)25-21(26)15-11-18-10-14-20(27-5)23(29-7)22(18)28-6/h8-16H,1-7H3,(H,25,26)/b15-11+. The molecule has 5 heteroatoms. The summed E-state index contributed by atoms with van der Waals surface area (Å²) < 4.78 is 16.1. The highest BCUT2D eigenvalue weighted by Crippen LogP contribution is 2.40. The van der Waals surface area contributed by atoms with Crippen LogP contribution < -0.4 is 19.5 Å². The number of hydrogen-bond acceptors (Lipinski definition) is 4. The van der Waals surface area contributed by atoms with Crippen LogP contribution in [-0.2, 0) is 10.2 Å². The summed E-state index contributed by atoms with van der Waals surface area (Å²) in [6.07, 6.45) is 3.19. The highest BCUT2D eigenvalue weighted by atomic mass is 16.5. The van der Waals surface area contributed by atoms with Gasteiger partial charge in [-0.25, -0.2) is 0 Å². The second-order valence-corrected chi connectivity index (χ2v) is 7.86. The molecule has 2 aromatic rings. The molecule has 5 nitrogen and oxygen atoms in total. The van der Waals surface area contributed by atoms with Gasteiger partial charge in [0.15, 0.2) is 11.5 Å². The van der Waals surface area contributed by atoms with Gasteiger partial charge in [0.05, 0.1) is 27.4 Å². The molecule has 1 amide bonds. The molecule has 29 heavy (non-hydrogen) atoms. The third-order valence-electron chi connectivity index (χ3n) is 4.78. The fraction of sp³-hybridized carbons (Fsp3) is 0.375. The molecule has 1 atom stereocenters. The topological polar surface area (TPSA) is 56.8 Å². The minimum absolute atomic E-state index is 0.103. The first-order valence-corrected chi connectivity index (χ1v) is 9.59. The molecule has 0 fully saturated rings. The Kier molecular flexibility index (Phi) is 7.32. The Hall–Kier alpha value is -2.95. The molecule has 1 unspecified atom stereocenters. The Morgan fingerprint density at radius 3 is 2.07 bits per heavy atom. The number of carbonyl (C=O) groups is 1. The van der Waals surface area contributed by atoms with E-state index < -0.39 is 0 Å². The third kappa shape index (κ3) is 5.53. The van der Waals surface area contributed by atoms with Crippen LogP contribution in [0.25, 0.3) is 6.08 Å². The zero-order valence-electron chi connectivity index (χ0n) is 18.3. The van der Waals surface area contributed by atoms with Gasteiger partial charge in [-0.05, 0) is 41.7 Å². The summed E-state index contributed by atoms with van der Waals surface area (Å²) in [7, 11) is 4.67. The number of rotatable bonds is 7. The van der Waals surface area contributed by atoms with Crippen molar-refractivity contribution in [1.82, 2.24) is 5.32 Å². The maximum absolute atomic E-state index is 12.4. The molecule has 2 aromatic carbocycles. The Labute approximate surface area is 173 Å². The van der Waals surface area contributed by atoms with Crippen LogP contribution >= 0.6 is 0 Å². The van der Waals surface area contributed by atoms with Crippen molar-refractivity contribution in [2.24, 2.45) is 0 Å². The van der Waals surface area contributed by atoms with Crippen molar-refractivity contribution < 1.29 is 19.0 Å². The monoisotopic (exact) mass is 397 g/mol. The third-order valence-corrected chi connectivity index (χ3v) is 4.78. The SMILES string of the molecule is COc1ccc(/C=C/C(=O)NC(C)c2ccc(C(C)(C)C)cc2)c(OC)c1OC. The zero-order chi connectivity index (χ0) is 21.6. The second kappa shape index (κ2) is 9.50. The highest BCUT2D eigenvalue weighted by molar-refractivity contribution is 5.92. The molecule has 0 heterocycles. The van der Waals surface area contributed by atoms with Crippen molar-refractivity contribution in [2.45, 2.75) is 39.2 Å². The number of nitrogens with one attached hydrogen (secondary N) is 1. The van der Waals surface area contributed by atoms with Crippen LogP contribution in [0.1, 0.15) is 50.4 Å². The largest absolute Gasteiger partial charge is 0.493 e. The number of carbonyl (C=O) groups excluding carboxylic acids is 1. The van der Waals surface area contributed by atoms with Crippen molar-refractivity contribution in [2.75, 3.05) is 21.3 Å². The van der Waals surface area contributed by atoms with Crippen molar-refractivity contribution >= 4 is 12.0 Å². The maximum Gasteiger partial charge on any atom is 0.244 e. The molecule has 0 radical (unpaired) electrons. The molecule has 0 aliphatic carbocycles. The summed E-state index contributed by atoms with van der Waals surface area (Å²) in [5.41, 5.74) is 3.15. The number of hydrogen-bond donors (Lipinski definition) is 1. The first-order chi connectivity index (χ1) is 13.7. The van der Waals surface area contributed by atoms with E-state index in [9.17, 15) is 4.79 Å². The number of ether oxygens (including phenoxy) is 3. The second-order valence-electron chi connectivity index (χ2n) is 7.86. The van der Waals surface area contributed by atoms with E-state index in [0.29, 0.717) is 17.2 Å². The van der Waals surface area contributed by atoms with E-state index in [4.69, 9.17) is 14.2 Å². The lowest BCUT2D eigenvalue weighted by Gasteiger charge is -2.20. The van der Waals surface area contributed by atoms with Gasteiger partial charge in [0, 0.05) is 11.6 Å². The molecule has 0 aliphatic heterocycles. The summed E-state index contributed by atoms with van der Waals surface area (Å²) in [5, 5.41) is 2.99. The van der Waals surface area contributed by atoms with Gasteiger partial charge in [0.1, 0.15) is 0 Å². The number of amides is 1. The average molecular weight is 398 g/mol.